The van der Waals surface area contributed by atoms with Crippen LogP contribution >= 0.6 is 11.6 Å². The van der Waals surface area contributed by atoms with Gasteiger partial charge in [-0.3, -0.25) is 9.59 Å². The molecule has 2 N–H and O–H groups in total. The fourth-order valence-electron chi connectivity index (χ4n) is 2.89. The summed E-state index contributed by atoms with van der Waals surface area (Å²) in [4.78, 5) is 29.5. The number of carbonyl (C=O) groups excluding carboxylic acids is 2. The van der Waals surface area contributed by atoms with Crippen molar-refractivity contribution in [1.29, 1.82) is 0 Å². The van der Waals surface area contributed by atoms with Crippen LogP contribution in [0.5, 0.6) is 0 Å². The van der Waals surface area contributed by atoms with Gasteiger partial charge in [0.25, 0.3) is 11.8 Å². The van der Waals surface area contributed by atoms with E-state index >= 15 is 0 Å². The molecule has 1 atom stereocenters. The molecule has 1 aliphatic heterocycles. The van der Waals surface area contributed by atoms with Crippen molar-refractivity contribution in [3.05, 3.63) is 34.5 Å². The van der Waals surface area contributed by atoms with Gasteiger partial charge in [-0.25, -0.2) is 0 Å². The molecule has 1 saturated heterocycles. The summed E-state index contributed by atoms with van der Waals surface area (Å²) in [6, 6.07) is 5.42. The monoisotopic (exact) mass is 335 g/mol. The van der Waals surface area contributed by atoms with E-state index in [0.29, 0.717) is 23.7 Å². The van der Waals surface area contributed by atoms with E-state index < -0.39 is 6.10 Å². The number of carbonyl (C=O) groups is 2. The van der Waals surface area contributed by atoms with Gasteiger partial charge in [-0.2, -0.15) is 0 Å². The van der Waals surface area contributed by atoms with Gasteiger partial charge in [-0.1, -0.05) is 11.6 Å². The SMILES string of the molecule is CNC(=O)C1CN(C(=O)c2c(C)[nH]c3ccc(Cl)cc23)CCO1. The number of rotatable bonds is 2. The maximum atomic E-state index is 12.9. The summed E-state index contributed by atoms with van der Waals surface area (Å²) in [6.07, 6.45) is -0.633. The van der Waals surface area contributed by atoms with Gasteiger partial charge in [0.15, 0.2) is 6.10 Å². The van der Waals surface area contributed by atoms with Crippen molar-refractivity contribution >= 4 is 34.3 Å². The van der Waals surface area contributed by atoms with Crippen LogP contribution in [0.2, 0.25) is 5.02 Å². The van der Waals surface area contributed by atoms with Gasteiger partial charge in [-0.05, 0) is 25.1 Å². The molecule has 7 heteroatoms. The average Bonchev–Trinajstić information content (AvgIpc) is 2.88. The predicted molar refractivity (Wildman–Crippen MR) is 87.8 cm³/mol. The highest BCUT2D eigenvalue weighted by atomic mass is 35.5. The zero-order valence-corrected chi connectivity index (χ0v) is 13.7. The minimum Gasteiger partial charge on any atom is -0.365 e. The van der Waals surface area contributed by atoms with E-state index in [1.54, 1.807) is 24.1 Å². The average molecular weight is 336 g/mol. The molecule has 1 fully saturated rings. The second kappa shape index (κ2) is 6.22. The zero-order valence-electron chi connectivity index (χ0n) is 13.0. The van der Waals surface area contributed by atoms with E-state index in [1.165, 1.54) is 0 Å². The van der Waals surface area contributed by atoms with Crippen LogP contribution in [-0.4, -0.2) is 54.5 Å². The summed E-state index contributed by atoms with van der Waals surface area (Å²) in [6.45, 7) is 2.90. The molecule has 1 aromatic heterocycles. The minimum absolute atomic E-state index is 0.117. The Balaban J connectivity index is 1.92. The van der Waals surface area contributed by atoms with Gasteiger partial charge >= 0.3 is 0 Å². The first-order valence-electron chi connectivity index (χ1n) is 7.41. The van der Waals surface area contributed by atoms with Gasteiger partial charge in [-0.15, -0.1) is 0 Å². The van der Waals surface area contributed by atoms with E-state index in [0.717, 1.165) is 16.6 Å². The highest BCUT2D eigenvalue weighted by molar-refractivity contribution is 6.31. The molecular formula is C16H18ClN3O3. The predicted octanol–water partition coefficient (Wildman–Crippen LogP) is 1.72. The molecule has 0 spiro atoms. The van der Waals surface area contributed by atoms with Gasteiger partial charge in [0.1, 0.15) is 0 Å². The van der Waals surface area contributed by atoms with Crippen LogP contribution in [0.25, 0.3) is 10.9 Å². The highest BCUT2D eigenvalue weighted by Crippen LogP contribution is 2.27. The molecule has 6 nitrogen and oxygen atoms in total. The van der Waals surface area contributed by atoms with Crippen molar-refractivity contribution in [2.24, 2.45) is 0 Å². The van der Waals surface area contributed by atoms with Crippen LogP contribution in [0.1, 0.15) is 16.1 Å². The Bertz CT molecular complexity index is 771. The first-order valence-corrected chi connectivity index (χ1v) is 7.79. The number of amides is 2. The van der Waals surface area contributed by atoms with Gasteiger partial charge in [0.2, 0.25) is 0 Å². The lowest BCUT2D eigenvalue weighted by Gasteiger charge is -2.32. The summed E-state index contributed by atoms with van der Waals surface area (Å²) >= 11 is 6.06. The number of morpholine rings is 1. The number of aromatic nitrogens is 1. The number of aryl methyl sites for hydroxylation is 1. The third-order valence-electron chi connectivity index (χ3n) is 4.05. The Hall–Kier alpha value is -2.05. The van der Waals surface area contributed by atoms with Gasteiger partial charge in [0, 0.05) is 35.2 Å². The molecule has 2 amide bonds. The molecule has 1 aliphatic rings. The van der Waals surface area contributed by atoms with Gasteiger partial charge in [0.05, 0.1) is 18.7 Å². The minimum atomic E-state index is -0.633. The quantitative estimate of drug-likeness (QED) is 0.877. The standard InChI is InChI=1S/C16H18ClN3O3/c1-9-14(11-7-10(17)3-4-12(11)19-9)16(22)20-5-6-23-13(8-20)15(21)18-2/h3-4,7,13,19H,5-6,8H2,1-2H3,(H,18,21). The highest BCUT2D eigenvalue weighted by Gasteiger charge is 2.30. The van der Waals surface area contributed by atoms with Crippen LogP contribution in [0.3, 0.4) is 0 Å². The fraction of sp³-hybridized carbons (Fsp3) is 0.375. The summed E-state index contributed by atoms with van der Waals surface area (Å²) in [5, 5.41) is 3.93. The lowest BCUT2D eigenvalue weighted by molar-refractivity contribution is -0.136. The lowest BCUT2D eigenvalue weighted by Crippen LogP contribution is -2.51. The smallest absolute Gasteiger partial charge is 0.256 e. The topological polar surface area (TPSA) is 74.4 Å². The van der Waals surface area contributed by atoms with E-state index in [2.05, 4.69) is 10.3 Å². The second-order valence-electron chi connectivity index (χ2n) is 5.54. The van der Waals surface area contributed by atoms with Crippen molar-refractivity contribution in [3.63, 3.8) is 0 Å². The molecule has 0 saturated carbocycles. The third kappa shape index (κ3) is 2.92. The zero-order chi connectivity index (χ0) is 16.6. The number of likely N-dealkylation sites (N-methyl/N-ethyl adjacent to an activating group) is 1. The molecule has 1 aromatic carbocycles. The summed E-state index contributed by atoms with van der Waals surface area (Å²) in [5.41, 5.74) is 2.25. The van der Waals surface area contributed by atoms with Crippen LogP contribution in [0.4, 0.5) is 0 Å². The number of halogens is 1. The van der Waals surface area contributed by atoms with Crippen molar-refractivity contribution < 1.29 is 14.3 Å². The molecule has 1 unspecified atom stereocenters. The summed E-state index contributed by atoms with van der Waals surface area (Å²) < 4.78 is 5.43. The lowest BCUT2D eigenvalue weighted by atomic mass is 10.1. The molecule has 3 rings (SSSR count). The molecule has 122 valence electrons. The number of nitrogens with zero attached hydrogens (tertiary/aromatic N) is 1. The first kappa shape index (κ1) is 15.8. The molecule has 0 aliphatic carbocycles. The number of nitrogens with one attached hydrogen (secondary N) is 2. The van der Waals surface area contributed by atoms with E-state index in [9.17, 15) is 9.59 Å². The van der Waals surface area contributed by atoms with E-state index in [4.69, 9.17) is 16.3 Å². The Kier molecular flexibility index (Phi) is 4.28. The Morgan fingerprint density at radius 2 is 2.22 bits per heavy atom. The summed E-state index contributed by atoms with van der Waals surface area (Å²) in [5.74, 6) is -0.339. The van der Waals surface area contributed by atoms with Crippen molar-refractivity contribution in [2.45, 2.75) is 13.0 Å². The van der Waals surface area contributed by atoms with Crippen LogP contribution in [0, 0.1) is 6.92 Å². The Morgan fingerprint density at radius 3 is 2.96 bits per heavy atom. The molecule has 23 heavy (non-hydrogen) atoms. The Labute approximate surface area is 138 Å². The van der Waals surface area contributed by atoms with Crippen molar-refractivity contribution in [3.8, 4) is 0 Å². The maximum Gasteiger partial charge on any atom is 0.256 e. The van der Waals surface area contributed by atoms with Crippen molar-refractivity contribution in [2.75, 3.05) is 26.7 Å². The normalized spacial score (nSPS) is 18.2. The number of ether oxygens (including phenoxy) is 1. The van der Waals surface area contributed by atoms with E-state index in [1.807, 2.05) is 13.0 Å². The second-order valence-corrected chi connectivity index (χ2v) is 5.98. The molecular weight excluding hydrogens is 318 g/mol. The number of benzene rings is 1. The molecule has 0 bridgehead atoms. The third-order valence-corrected chi connectivity index (χ3v) is 4.29. The maximum absolute atomic E-state index is 12.9. The molecule has 0 radical (unpaired) electrons. The van der Waals surface area contributed by atoms with Crippen molar-refractivity contribution in [1.82, 2.24) is 15.2 Å². The van der Waals surface area contributed by atoms with Gasteiger partial charge < -0.3 is 19.9 Å². The van der Waals surface area contributed by atoms with Crippen LogP contribution in [0.15, 0.2) is 18.2 Å². The molecule has 2 aromatic rings. The molecule has 2 heterocycles. The summed E-state index contributed by atoms with van der Waals surface area (Å²) in [7, 11) is 1.55. The number of hydrogen-bond donors (Lipinski definition) is 2. The van der Waals surface area contributed by atoms with Crippen LogP contribution in [-0.2, 0) is 9.53 Å². The van der Waals surface area contributed by atoms with Crippen LogP contribution < -0.4 is 5.32 Å². The fourth-order valence-corrected chi connectivity index (χ4v) is 3.06. The number of fused-ring (bicyclic) bond motifs is 1. The first-order chi connectivity index (χ1) is 11.0. The Morgan fingerprint density at radius 1 is 1.43 bits per heavy atom. The number of aromatic amines is 1. The number of hydrogen-bond acceptors (Lipinski definition) is 3. The van der Waals surface area contributed by atoms with E-state index in [-0.39, 0.29) is 18.4 Å². The largest absolute Gasteiger partial charge is 0.365 e. The number of H-pyrrole nitrogens is 1.